The number of benzene rings is 1. The highest BCUT2D eigenvalue weighted by Crippen LogP contribution is 2.28. The molecule has 0 spiro atoms. The maximum atomic E-state index is 10.5. The Morgan fingerprint density at radius 3 is 2.78 bits per heavy atom. The van der Waals surface area contributed by atoms with Crippen LogP contribution in [0, 0.1) is 10.1 Å². The molecule has 96 valence electrons. The predicted molar refractivity (Wildman–Crippen MR) is 69.3 cm³/mol. The first-order chi connectivity index (χ1) is 8.58. The fourth-order valence-corrected chi connectivity index (χ4v) is 1.34. The fourth-order valence-electron chi connectivity index (χ4n) is 1.34. The molecule has 0 saturated carbocycles. The standard InChI is InChI=1S/C13H15NO4/c1-4-7-18-12-6-5-11(9-13(12)17-3)8-10(2)14(15)16/h4-6,8-9H,1,7H2,2-3H3. The highest BCUT2D eigenvalue weighted by atomic mass is 16.6. The summed E-state index contributed by atoms with van der Waals surface area (Å²) in [6.45, 7) is 5.37. The maximum Gasteiger partial charge on any atom is 0.243 e. The van der Waals surface area contributed by atoms with Crippen molar-refractivity contribution in [2.45, 2.75) is 6.92 Å². The first-order valence-corrected chi connectivity index (χ1v) is 5.33. The lowest BCUT2D eigenvalue weighted by atomic mass is 10.1. The first kappa shape index (κ1) is 13.8. The van der Waals surface area contributed by atoms with E-state index in [-0.39, 0.29) is 5.70 Å². The minimum atomic E-state index is -0.436. The van der Waals surface area contributed by atoms with Gasteiger partial charge in [-0.05, 0) is 17.7 Å². The minimum Gasteiger partial charge on any atom is -0.493 e. The molecule has 0 amide bonds. The molecular formula is C13H15NO4. The van der Waals surface area contributed by atoms with E-state index in [1.54, 1.807) is 24.3 Å². The third-order valence-corrected chi connectivity index (χ3v) is 2.21. The molecule has 0 aromatic heterocycles. The van der Waals surface area contributed by atoms with Crippen LogP contribution in [0.15, 0.2) is 36.6 Å². The van der Waals surface area contributed by atoms with Crippen LogP contribution in [-0.4, -0.2) is 18.6 Å². The van der Waals surface area contributed by atoms with Gasteiger partial charge in [-0.25, -0.2) is 0 Å². The van der Waals surface area contributed by atoms with Gasteiger partial charge in [0.15, 0.2) is 11.5 Å². The van der Waals surface area contributed by atoms with Crippen molar-refractivity contribution >= 4 is 6.08 Å². The molecule has 0 bridgehead atoms. The molecule has 0 N–H and O–H groups in total. The smallest absolute Gasteiger partial charge is 0.243 e. The van der Waals surface area contributed by atoms with Gasteiger partial charge in [-0.15, -0.1) is 0 Å². The molecule has 0 radical (unpaired) electrons. The van der Waals surface area contributed by atoms with Crippen LogP contribution in [0.25, 0.3) is 6.08 Å². The van der Waals surface area contributed by atoms with Crippen LogP contribution in [0.5, 0.6) is 11.5 Å². The van der Waals surface area contributed by atoms with Gasteiger partial charge in [-0.2, -0.15) is 0 Å². The van der Waals surface area contributed by atoms with Crippen LogP contribution in [0.4, 0.5) is 0 Å². The Labute approximate surface area is 105 Å². The van der Waals surface area contributed by atoms with E-state index in [9.17, 15) is 10.1 Å². The predicted octanol–water partition coefficient (Wildman–Crippen LogP) is 2.90. The van der Waals surface area contributed by atoms with Crippen molar-refractivity contribution in [2.75, 3.05) is 13.7 Å². The number of hydrogen-bond donors (Lipinski definition) is 0. The van der Waals surface area contributed by atoms with Crippen molar-refractivity contribution in [2.24, 2.45) is 0 Å². The lowest BCUT2D eigenvalue weighted by Gasteiger charge is -2.09. The normalized spacial score (nSPS) is 10.9. The second kappa shape index (κ2) is 6.44. The molecule has 0 atom stereocenters. The van der Waals surface area contributed by atoms with Crippen LogP contribution < -0.4 is 9.47 Å². The molecule has 1 rings (SSSR count). The number of allylic oxidation sites excluding steroid dienone is 1. The van der Waals surface area contributed by atoms with Gasteiger partial charge in [-0.1, -0.05) is 18.7 Å². The molecule has 18 heavy (non-hydrogen) atoms. The molecule has 0 fully saturated rings. The van der Waals surface area contributed by atoms with Crippen LogP contribution in [-0.2, 0) is 0 Å². The summed E-state index contributed by atoms with van der Waals surface area (Å²) in [5, 5.41) is 10.5. The molecule has 1 aromatic carbocycles. The Kier molecular flexibility index (Phi) is 4.92. The maximum absolute atomic E-state index is 10.5. The second-order valence-electron chi connectivity index (χ2n) is 3.55. The van der Waals surface area contributed by atoms with Crippen molar-refractivity contribution in [3.05, 3.63) is 52.2 Å². The van der Waals surface area contributed by atoms with Crippen LogP contribution in [0.2, 0.25) is 0 Å². The summed E-state index contributed by atoms with van der Waals surface area (Å²) in [7, 11) is 1.52. The van der Waals surface area contributed by atoms with Gasteiger partial charge >= 0.3 is 0 Å². The molecule has 0 aliphatic heterocycles. The number of nitrogens with zero attached hydrogens (tertiary/aromatic N) is 1. The zero-order valence-corrected chi connectivity index (χ0v) is 10.4. The number of nitro groups is 1. The van der Waals surface area contributed by atoms with E-state index in [0.717, 1.165) is 0 Å². The van der Waals surface area contributed by atoms with Crippen molar-refractivity contribution < 1.29 is 14.4 Å². The van der Waals surface area contributed by atoms with Crippen LogP contribution in [0.1, 0.15) is 12.5 Å². The van der Waals surface area contributed by atoms with Gasteiger partial charge in [0.1, 0.15) is 6.61 Å². The van der Waals surface area contributed by atoms with Gasteiger partial charge in [0.25, 0.3) is 0 Å². The van der Waals surface area contributed by atoms with Crippen LogP contribution >= 0.6 is 0 Å². The molecule has 5 heteroatoms. The summed E-state index contributed by atoms with van der Waals surface area (Å²) in [5.74, 6) is 1.11. The largest absolute Gasteiger partial charge is 0.493 e. The summed E-state index contributed by atoms with van der Waals surface area (Å²) in [5.41, 5.74) is 0.754. The van der Waals surface area contributed by atoms with Crippen molar-refractivity contribution in [1.29, 1.82) is 0 Å². The van der Waals surface area contributed by atoms with E-state index in [2.05, 4.69) is 6.58 Å². The molecular weight excluding hydrogens is 234 g/mol. The van der Waals surface area contributed by atoms with E-state index >= 15 is 0 Å². The average Bonchev–Trinajstić information content (AvgIpc) is 2.36. The number of methoxy groups -OCH3 is 1. The van der Waals surface area contributed by atoms with E-state index in [0.29, 0.717) is 23.7 Å². The molecule has 1 aromatic rings. The molecule has 0 heterocycles. The van der Waals surface area contributed by atoms with E-state index in [4.69, 9.17) is 9.47 Å². The summed E-state index contributed by atoms with van der Waals surface area (Å²) in [6, 6.07) is 5.13. The monoisotopic (exact) mass is 249 g/mol. The number of rotatable bonds is 6. The SMILES string of the molecule is C=CCOc1ccc(C=C(C)[N+](=O)[O-])cc1OC. The topological polar surface area (TPSA) is 61.6 Å². The van der Waals surface area contributed by atoms with Crippen molar-refractivity contribution in [3.63, 3.8) is 0 Å². The fraction of sp³-hybridized carbons (Fsp3) is 0.231. The van der Waals surface area contributed by atoms with Gasteiger partial charge in [0.05, 0.1) is 12.0 Å². The Morgan fingerprint density at radius 1 is 1.50 bits per heavy atom. The Hall–Kier alpha value is -2.30. The summed E-state index contributed by atoms with van der Waals surface area (Å²) in [4.78, 5) is 10.1. The highest BCUT2D eigenvalue weighted by molar-refractivity contribution is 5.56. The summed E-state index contributed by atoms with van der Waals surface area (Å²) >= 11 is 0. The Morgan fingerprint density at radius 2 is 2.22 bits per heavy atom. The molecule has 0 aliphatic rings. The average molecular weight is 249 g/mol. The Balaban J connectivity index is 3.01. The van der Waals surface area contributed by atoms with E-state index < -0.39 is 4.92 Å². The molecule has 5 nitrogen and oxygen atoms in total. The van der Waals surface area contributed by atoms with Crippen molar-refractivity contribution in [3.8, 4) is 11.5 Å². The second-order valence-corrected chi connectivity index (χ2v) is 3.55. The van der Waals surface area contributed by atoms with Gasteiger partial charge in [0, 0.05) is 13.0 Å². The molecule has 0 saturated heterocycles. The lowest BCUT2D eigenvalue weighted by Crippen LogP contribution is -1.97. The van der Waals surface area contributed by atoms with Crippen LogP contribution in [0.3, 0.4) is 0 Å². The quantitative estimate of drug-likeness (QED) is 0.442. The number of hydrogen-bond acceptors (Lipinski definition) is 4. The van der Waals surface area contributed by atoms with Gasteiger partial charge in [-0.3, -0.25) is 10.1 Å². The first-order valence-electron chi connectivity index (χ1n) is 5.33. The zero-order valence-electron chi connectivity index (χ0n) is 10.4. The number of ether oxygens (including phenoxy) is 2. The Bertz CT molecular complexity index is 480. The third kappa shape index (κ3) is 3.62. The van der Waals surface area contributed by atoms with Gasteiger partial charge in [0.2, 0.25) is 5.70 Å². The van der Waals surface area contributed by atoms with Crippen molar-refractivity contribution in [1.82, 2.24) is 0 Å². The highest BCUT2D eigenvalue weighted by Gasteiger charge is 2.07. The third-order valence-electron chi connectivity index (χ3n) is 2.21. The molecule has 0 unspecified atom stereocenters. The lowest BCUT2D eigenvalue weighted by molar-refractivity contribution is -0.422. The van der Waals surface area contributed by atoms with E-state index in [1.807, 2.05) is 0 Å². The molecule has 0 aliphatic carbocycles. The van der Waals surface area contributed by atoms with Gasteiger partial charge < -0.3 is 9.47 Å². The minimum absolute atomic E-state index is 0.0665. The summed E-state index contributed by atoms with van der Waals surface area (Å²) in [6.07, 6.45) is 3.10. The summed E-state index contributed by atoms with van der Waals surface area (Å²) < 4.78 is 10.6. The van der Waals surface area contributed by atoms with E-state index in [1.165, 1.54) is 20.1 Å². The zero-order chi connectivity index (χ0) is 13.5.